The standard InChI is InChI=1S/C15H22N2O2/c1-2-13(18)7-8-16-15(19)12-9-11-5-3-4-6-14(11)17-10-12/h3-6,12-13,17-18H,2,7-10H2,1H3,(H,16,19). The predicted molar refractivity (Wildman–Crippen MR) is 76.1 cm³/mol. The van der Waals surface area contributed by atoms with E-state index in [9.17, 15) is 9.90 Å². The Kier molecular flexibility index (Phi) is 4.80. The second-order valence-corrected chi connectivity index (χ2v) is 5.08. The molecule has 0 saturated heterocycles. The average molecular weight is 262 g/mol. The molecule has 0 fully saturated rings. The average Bonchev–Trinajstić information content (AvgIpc) is 2.46. The van der Waals surface area contributed by atoms with Crippen LogP contribution < -0.4 is 10.6 Å². The van der Waals surface area contributed by atoms with Crippen LogP contribution in [0.5, 0.6) is 0 Å². The van der Waals surface area contributed by atoms with Crippen molar-refractivity contribution in [3.63, 3.8) is 0 Å². The van der Waals surface area contributed by atoms with Crippen LogP contribution >= 0.6 is 0 Å². The van der Waals surface area contributed by atoms with Crippen LogP contribution in [0.2, 0.25) is 0 Å². The number of hydrogen-bond donors (Lipinski definition) is 3. The lowest BCUT2D eigenvalue weighted by molar-refractivity contribution is -0.124. The summed E-state index contributed by atoms with van der Waals surface area (Å²) in [5.41, 5.74) is 2.33. The van der Waals surface area contributed by atoms with Crippen LogP contribution in [0, 0.1) is 5.92 Å². The van der Waals surface area contributed by atoms with Crippen LogP contribution in [0.3, 0.4) is 0 Å². The molecule has 1 aliphatic heterocycles. The third-order valence-electron chi connectivity index (χ3n) is 3.64. The highest BCUT2D eigenvalue weighted by Crippen LogP contribution is 2.24. The fourth-order valence-corrected chi connectivity index (χ4v) is 2.34. The van der Waals surface area contributed by atoms with Gasteiger partial charge in [0, 0.05) is 18.8 Å². The summed E-state index contributed by atoms with van der Waals surface area (Å²) < 4.78 is 0. The van der Waals surface area contributed by atoms with Crippen molar-refractivity contribution in [1.29, 1.82) is 0 Å². The highest BCUT2D eigenvalue weighted by atomic mass is 16.3. The minimum absolute atomic E-state index is 0.0198. The van der Waals surface area contributed by atoms with Crippen LogP contribution in [-0.2, 0) is 11.2 Å². The van der Waals surface area contributed by atoms with E-state index in [0.29, 0.717) is 19.5 Å². The number of carbonyl (C=O) groups excluding carboxylic acids is 1. The van der Waals surface area contributed by atoms with Crippen LogP contribution in [-0.4, -0.2) is 30.2 Å². The molecule has 0 saturated carbocycles. The summed E-state index contributed by atoms with van der Waals surface area (Å²) in [7, 11) is 0. The second-order valence-electron chi connectivity index (χ2n) is 5.08. The zero-order valence-corrected chi connectivity index (χ0v) is 11.4. The van der Waals surface area contributed by atoms with E-state index in [0.717, 1.165) is 18.5 Å². The third-order valence-corrected chi connectivity index (χ3v) is 3.64. The number of anilines is 1. The van der Waals surface area contributed by atoms with Crippen LogP contribution in [0.25, 0.3) is 0 Å². The molecule has 0 spiro atoms. The number of fused-ring (bicyclic) bond motifs is 1. The van der Waals surface area contributed by atoms with E-state index in [1.165, 1.54) is 5.56 Å². The van der Waals surface area contributed by atoms with Gasteiger partial charge in [0.15, 0.2) is 0 Å². The number of para-hydroxylation sites is 1. The summed E-state index contributed by atoms with van der Waals surface area (Å²) in [5.74, 6) is 0.0546. The Morgan fingerprint density at radius 2 is 2.32 bits per heavy atom. The lowest BCUT2D eigenvalue weighted by Gasteiger charge is -2.25. The van der Waals surface area contributed by atoms with Crippen molar-refractivity contribution in [2.45, 2.75) is 32.3 Å². The second kappa shape index (κ2) is 6.57. The molecule has 3 N–H and O–H groups in total. The van der Waals surface area contributed by atoms with Gasteiger partial charge in [-0.25, -0.2) is 0 Å². The summed E-state index contributed by atoms with van der Waals surface area (Å²) in [4.78, 5) is 12.0. The van der Waals surface area contributed by atoms with Gasteiger partial charge in [-0.15, -0.1) is 0 Å². The van der Waals surface area contributed by atoms with Gasteiger partial charge in [0.1, 0.15) is 0 Å². The van der Waals surface area contributed by atoms with E-state index in [-0.39, 0.29) is 17.9 Å². The molecule has 0 aromatic heterocycles. The lowest BCUT2D eigenvalue weighted by atomic mass is 9.93. The Bertz CT molecular complexity index is 434. The predicted octanol–water partition coefficient (Wildman–Crippen LogP) is 1.55. The molecule has 4 heteroatoms. The summed E-state index contributed by atoms with van der Waals surface area (Å²) in [6, 6.07) is 8.10. The number of carbonyl (C=O) groups is 1. The first-order valence-electron chi connectivity index (χ1n) is 6.98. The Morgan fingerprint density at radius 1 is 1.53 bits per heavy atom. The molecule has 1 heterocycles. The monoisotopic (exact) mass is 262 g/mol. The van der Waals surface area contributed by atoms with Crippen molar-refractivity contribution in [2.24, 2.45) is 5.92 Å². The number of hydrogen-bond acceptors (Lipinski definition) is 3. The molecule has 4 nitrogen and oxygen atoms in total. The van der Waals surface area contributed by atoms with E-state index in [2.05, 4.69) is 16.7 Å². The zero-order chi connectivity index (χ0) is 13.7. The number of aliphatic hydroxyl groups is 1. The van der Waals surface area contributed by atoms with E-state index < -0.39 is 0 Å². The highest BCUT2D eigenvalue weighted by molar-refractivity contribution is 5.80. The topological polar surface area (TPSA) is 61.4 Å². The first-order valence-corrected chi connectivity index (χ1v) is 6.98. The van der Waals surface area contributed by atoms with Gasteiger partial charge in [0.05, 0.1) is 12.0 Å². The number of aliphatic hydroxyl groups excluding tert-OH is 1. The zero-order valence-electron chi connectivity index (χ0n) is 11.4. The molecule has 1 aromatic rings. The summed E-state index contributed by atoms with van der Waals surface area (Å²) >= 11 is 0. The van der Waals surface area contributed by atoms with Crippen molar-refractivity contribution in [3.8, 4) is 0 Å². The number of rotatable bonds is 5. The first-order chi connectivity index (χ1) is 9.20. The van der Waals surface area contributed by atoms with E-state index in [1.54, 1.807) is 0 Å². The van der Waals surface area contributed by atoms with Gasteiger partial charge in [-0.3, -0.25) is 4.79 Å². The molecule has 104 valence electrons. The Hall–Kier alpha value is -1.55. The van der Waals surface area contributed by atoms with Crippen LogP contribution in [0.1, 0.15) is 25.3 Å². The maximum atomic E-state index is 12.0. The molecular weight excluding hydrogens is 240 g/mol. The molecule has 0 aliphatic carbocycles. The van der Waals surface area contributed by atoms with Crippen molar-refractivity contribution >= 4 is 11.6 Å². The van der Waals surface area contributed by atoms with Crippen molar-refractivity contribution in [3.05, 3.63) is 29.8 Å². The van der Waals surface area contributed by atoms with Crippen molar-refractivity contribution < 1.29 is 9.90 Å². The van der Waals surface area contributed by atoms with Crippen LogP contribution in [0.15, 0.2) is 24.3 Å². The van der Waals surface area contributed by atoms with Gasteiger partial charge >= 0.3 is 0 Å². The maximum Gasteiger partial charge on any atom is 0.225 e. The molecule has 2 unspecified atom stereocenters. The number of amides is 1. The maximum absolute atomic E-state index is 12.0. The number of nitrogens with one attached hydrogen (secondary N) is 2. The van der Waals surface area contributed by atoms with Gasteiger partial charge in [-0.2, -0.15) is 0 Å². The van der Waals surface area contributed by atoms with E-state index in [4.69, 9.17) is 0 Å². The van der Waals surface area contributed by atoms with Crippen LogP contribution in [0.4, 0.5) is 5.69 Å². The molecular formula is C15H22N2O2. The van der Waals surface area contributed by atoms with Gasteiger partial charge in [0.25, 0.3) is 0 Å². The molecule has 1 aromatic carbocycles. The van der Waals surface area contributed by atoms with Crippen molar-refractivity contribution in [2.75, 3.05) is 18.4 Å². The summed E-state index contributed by atoms with van der Waals surface area (Å²) in [6.07, 6.45) is 1.82. The van der Waals surface area contributed by atoms with Gasteiger partial charge in [-0.05, 0) is 30.9 Å². The molecule has 2 rings (SSSR count). The minimum atomic E-state index is -0.314. The van der Waals surface area contributed by atoms with Crippen molar-refractivity contribution in [1.82, 2.24) is 5.32 Å². The molecule has 0 bridgehead atoms. The summed E-state index contributed by atoms with van der Waals surface area (Å²) in [5, 5.41) is 15.7. The fraction of sp³-hybridized carbons (Fsp3) is 0.533. The normalized spacial score (nSPS) is 19.2. The fourth-order valence-electron chi connectivity index (χ4n) is 2.34. The quantitative estimate of drug-likeness (QED) is 0.754. The Labute approximate surface area is 114 Å². The minimum Gasteiger partial charge on any atom is -0.393 e. The molecule has 0 radical (unpaired) electrons. The summed E-state index contributed by atoms with van der Waals surface area (Å²) in [6.45, 7) is 3.17. The van der Waals surface area contributed by atoms with E-state index >= 15 is 0 Å². The van der Waals surface area contributed by atoms with Gasteiger partial charge in [-0.1, -0.05) is 25.1 Å². The number of benzene rings is 1. The van der Waals surface area contributed by atoms with Gasteiger partial charge in [0.2, 0.25) is 5.91 Å². The smallest absolute Gasteiger partial charge is 0.225 e. The Balaban J connectivity index is 1.82. The SMILES string of the molecule is CCC(O)CCNC(=O)C1CNc2ccccc2C1. The lowest BCUT2D eigenvalue weighted by Crippen LogP contribution is -2.39. The van der Waals surface area contributed by atoms with E-state index in [1.807, 2.05) is 25.1 Å². The highest BCUT2D eigenvalue weighted by Gasteiger charge is 2.23. The molecule has 2 atom stereocenters. The molecule has 19 heavy (non-hydrogen) atoms. The molecule has 1 amide bonds. The largest absolute Gasteiger partial charge is 0.393 e. The Morgan fingerprint density at radius 3 is 3.11 bits per heavy atom. The third kappa shape index (κ3) is 3.70. The van der Waals surface area contributed by atoms with Gasteiger partial charge < -0.3 is 15.7 Å². The first kappa shape index (κ1) is 13.9. The molecule has 1 aliphatic rings.